The van der Waals surface area contributed by atoms with E-state index in [1.54, 1.807) is 18.2 Å². The number of non-ortho nitro benzene ring substituents is 1. The Bertz CT molecular complexity index is 1240. The molecule has 0 aliphatic carbocycles. The van der Waals surface area contributed by atoms with Crippen LogP contribution >= 0.6 is 22.9 Å². The van der Waals surface area contributed by atoms with E-state index in [2.05, 4.69) is 15.5 Å². The van der Waals surface area contributed by atoms with E-state index in [4.69, 9.17) is 20.8 Å². The Morgan fingerprint density at radius 3 is 2.58 bits per heavy atom. The topological polar surface area (TPSA) is 120 Å². The number of benzene rings is 2. The largest absolute Gasteiger partial charge is 0.484 e. The highest BCUT2D eigenvalue weighted by atomic mass is 35.5. The molecule has 156 valence electrons. The summed E-state index contributed by atoms with van der Waals surface area (Å²) >= 11 is 7.34. The SMILES string of the molecule is O=C(COc1ccc([N+](=O)[O-])cc1)Nc1nnc(-c2ccc(-c3ccccc3Cl)o2)s1. The number of nitro benzene ring substituents is 1. The number of nitrogens with one attached hydrogen (secondary N) is 1. The molecular weight excluding hydrogens is 444 g/mol. The zero-order valence-corrected chi connectivity index (χ0v) is 17.2. The minimum absolute atomic E-state index is 0.0613. The maximum absolute atomic E-state index is 12.1. The molecule has 1 amide bonds. The number of carbonyl (C=O) groups excluding carboxylic acids is 1. The molecule has 0 saturated heterocycles. The molecule has 0 aliphatic heterocycles. The molecule has 1 N–H and O–H groups in total. The number of ether oxygens (including phenoxy) is 1. The lowest BCUT2D eigenvalue weighted by Gasteiger charge is -2.05. The Hall–Kier alpha value is -3.76. The molecule has 2 heterocycles. The van der Waals surface area contributed by atoms with Crippen LogP contribution in [0.1, 0.15) is 0 Å². The Morgan fingerprint density at radius 1 is 1.10 bits per heavy atom. The van der Waals surface area contributed by atoms with Crippen LogP contribution in [0.25, 0.3) is 22.1 Å². The summed E-state index contributed by atoms with van der Waals surface area (Å²) in [7, 11) is 0. The number of rotatable bonds is 7. The number of aromatic nitrogens is 2. The Kier molecular flexibility index (Phi) is 5.92. The lowest BCUT2D eigenvalue weighted by molar-refractivity contribution is -0.384. The molecule has 4 aromatic rings. The molecule has 0 spiro atoms. The van der Waals surface area contributed by atoms with Crippen molar-refractivity contribution in [2.75, 3.05) is 11.9 Å². The van der Waals surface area contributed by atoms with Crippen molar-refractivity contribution < 1.29 is 18.9 Å². The van der Waals surface area contributed by atoms with Gasteiger partial charge in [-0.3, -0.25) is 20.2 Å². The molecule has 0 atom stereocenters. The van der Waals surface area contributed by atoms with Gasteiger partial charge < -0.3 is 9.15 Å². The minimum Gasteiger partial charge on any atom is -0.484 e. The second-order valence-electron chi connectivity index (χ2n) is 6.14. The van der Waals surface area contributed by atoms with E-state index in [9.17, 15) is 14.9 Å². The molecule has 0 saturated carbocycles. The van der Waals surface area contributed by atoms with E-state index in [1.807, 2.05) is 18.2 Å². The first kappa shape index (κ1) is 20.5. The van der Waals surface area contributed by atoms with Gasteiger partial charge in [-0.1, -0.05) is 35.1 Å². The van der Waals surface area contributed by atoms with Crippen molar-refractivity contribution in [1.82, 2.24) is 10.2 Å². The van der Waals surface area contributed by atoms with Gasteiger partial charge in [-0.2, -0.15) is 0 Å². The molecule has 9 nitrogen and oxygen atoms in total. The van der Waals surface area contributed by atoms with Crippen molar-refractivity contribution in [1.29, 1.82) is 0 Å². The lowest BCUT2D eigenvalue weighted by Crippen LogP contribution is -2.20. The third-order valence-corrected chi connectivity index (χ3v) is 5.23. The summed E-state index contributed by atoms with van der Waals surface area (Å²) in [5, 5.41) is 22.6. The van der Waals surface area contributed by atoms with Crippen LogP contribution in [0.5, 0.6) is 5.75 Å². The highest BCUT2D eigenvalue weighted by Crippen LogP contribution is 2.34. The number of carbonyl (C=O) groups is 1. The summed E-state index contributed by atoms with van der Waals surface area (Å²) in [5.41, 5.74) is 0.700. The fourth-order valence-electron chi connectivity index (χ4n) is 2.60. The maximum atomic E-state index is 12.1. The van der Waals surface area contributed by atoms with Crippen LogP contribution in [0, 0.1) is 10.1 Å². The number of nitrogens with zero attached hydrogens (tertiary/aromatic N) is 3. The van der Waals surface area contributed by atoms with E-state index >= 15 is 0 Å². The average molecular weight is 457 g/mol. The van der Waals surface area contributed by atoms with E-state index < -0.39 is 10.8 Å². The molecule has 0 unspecified atom stereocenters. The van der Waals surface area contributed by atoms with Crippen molar-refractivity contribution in [3.8, 4) is 27.8 Å². The molecule has 0 aliphatic rings. The summed E-state index contributed by atoms with van der Waals surface area (Å²) in [4.78, 5) is 22.2. The van der Waals surface area contributed by atoms with Gasteiger partial charge in [0.05, 0.1) is 9.95 Å². The van der Waals surface area contributed by atoms with E-state index in [1.165, 1.54) is 24.3 Å². The lowest BCUT2D eigenvalue weighted by atomic mass is 10.2. The number of furan rings is 1. The second kappa shape index (κ2) is 8.94. The molecule has 0 fully saturated rings. The van der Waals surface area contributed by atoms with Gasteiger partial charge in [-0.15, -0.1) is 10.2 Å². The fourth-order valence-corrected chi connectivity index (χ4v) is 3.55. The van der Waals surface area contributed by atoms with Crippen molar-refractivity contribution >= 4 is 39.7 Å². The monoisotopic (exact) mass is 456 g/mol. The molecule has 31 heavy (non-hydrogen) atoms. The number of hydrogen-bond donors (Lipinski definition) is 1. The fraction of sp³-hybridized carbons (Fsp3) is 0.0500. The van der Waals surface area contributed by atoms with Crippen LogP contribution in [0.3, 0.4) is 0 Å². The van der Waals surface area contributed by atoms with Gasteiger partial charge in [0.2, 0.25) is 5.13 Å². The highest BCUT2D eigenvalue weighted by Gasteiger charge is 2.15. The predicted molar refractivity (Wildman–Crippen MR) is 115 cm³/mol. The van der Waals surface area contributed by atoms with Gasteiger partial charge in [-0.05, 0) is 36.4 Å². The number of amides is 1. The van der Waals surface area contributed by atoms with Crippen LogP contribution in [0.2, 0.25) is 5.02 Å². The third kappa shape index (κ3) is 4.87. The molecule has 4 rings (SSSR count). The van der Waals surface area contributed by atoms with Gasteiger partial charge in [0.1, 0.15) is 11.5 Å². The molecule has 11 heteroatoms. The summed E-state index contributed by atoms with van der Waals surface area (Å²) < 4.78 is 11.1. The first-order valence-electron chi connectivity index (χ1n) is 8.85. The first-order valence-corrected chi connectivity index (χ1v) is 10.0. The Labute approximate surface area is 184 Å². The molecule has 0 radical (unpaired) electrons. The summed E-state index contributed by atoms with van der Waals surface area (Å²) in [6.45, 7) is -0.288. The van der Waals surface area contributed by atoms with Crippen LogP contribution in [0.4, 0.5) is 10.8 Å². The zero-order valence-electron chi connectivity index (χ0n) is 15.6. The number of nitro groups is 1. The van der Waals surface area contributed by atoms with Crippen LogP contribution in [0.15, 0.2) is 65.1 Å². The molecule has 2 aromatic heterocycles. The smallest absolute Gasteiger partial charge is 0.269 e. The van der Waals surface area contributed by atoms with Gasteiger partial charge in [0.15, 0.2) is 17.4 Å². The minimum atomic E-state index is -0.514. The van der Waals surface area contributed by atoms with Crippen LogP contribution in [-0.2, 0) is 4.79 Å². The number of halogens is 1. The molecule has 2 aromatic carbocycles. The normalized spacial score (nSPS) is 10.6. The predicted octanol–water partition coefficient (Wildman–Crippen LogP) is 5.04. The Morgan fingerprint density at radius 2 is 1.84 bits per heavy atom. The van der Waals surface area contributed by atoms with Crippen molar-refractivity contribution in [2.45, 2.75) is 0 Å². The highest BCUT2D eigenvalue weighted by molar-refractivity contribution is 7.18. The summed E-state index contributed by atoms with van der Waals surface area (Å²) in [5.74, 6) is 0.978. The van der Waals surface area contributed by atoms with E-state index in [-0.39, 0.29) is 17.4 Å². The quantitative estimate of drug-likeness (QED) is 0.305. The van der Waals surface area contributed by atoms with Crippen molar-refractivity contribution in [2.24, 2.45) is 0 Å². The maximum Gasteiger partial charge on any atom is 0.269 e. The van der Waals surface area contributed by atoms with Gasteiger partial charge >= 0.3 is 0 Å². The Balaban J connectivity index is 1.36. The summed E-state index contributed by atoms with van der Waals surface area (Å²) in [6.07, 6.45) is 0. The van der Waals surface area contributed by atoms with Crippen molar-refractivity contribution in [3.05, 3.63) is 75.8 Å². The van der Waals surface area contributed by atoms with Gasteiger partial charge in [0.25, 0.3) is 11.6 Å². The van der Waals surface area contributed by atoms with Crippen molar-refractivity contribution in [3.63, 3.8) is 0 Å². The van der Waals surface area contributed by atoms with Crippen LogP contribution in [-0.4, -0.2) is 27.6 Å². The number of anilines is 1. The molecule has 0 bridgehead atoms. The molecular formula is C20H13ClN4O5S. The second-order valence-corrected chi connectivity index (χ2v) is 7.53. The van der Waals surface area contributed by atoms with E-state index in [0.717, 1.165) is 16.9 Å². The van der Waals surface area contributed by atoms with Gasteiger partial charge in [-0.25, -0.2) is 0 Å². The standard InChI is InChI=1S/C20H13ClN4O5S/c21-15-4-2-1-3-14(15)16-9-10-17(30-16)19-23-24-20(31-19)22-18(26)11-29-13-7-5-12(6-8-13)25(27)28/h1-10H,11H2,(H,22,24,26). The van der Waals surface area contributed by atoms with Crippen LogP contribution < -0.4 is 10.1 Å². The third-order valence-electron chi connectivity index (χ3n) is 4.04. The average Bonchev–Trinajstić information content (AvgIpc) is 3.42. The van der Waals surface area contributed by atoms with E-state index in [0.29, 0.717) is 27.3 Å². The first-order chi connectivity index (χ1) is 15.0. The number of hydrogen-bond acceptors (Lipinski definition) is 8. The summed E-state index contributed by atoms with van der Waals surface area (Å²) in [6, 6.07) is 16.3. The zero-order chi connectivity index (χ0) is 21.8. The van der Waals surface area contributed by atoms with Gasteiger partial charge in [0, 0.05) is 17.7 Å².